The molecule has 142 valence electrons. The number of carbonyl (C=O) groups excluding carboxylic acids is 1. The monoisotopic (exact) mass is 389 g/mol. The molecule has 2 rings (SSSR count). The summed E-state index contributed by atoms with van der Waals surface area (Å²) < 4.78 is 27.0. The van der Waals surface area contributed by atoms with Gasteiger partial charge in [0.05, 0.1) is 4.90 Å². The van der Waals surface area contributed by atoms with Gasteiger partial charge in [-0.1, -0.05) is 13.8 Å². The predicted molar refractivity (Wildman–Crippen MR) is 102 cm³/mol. The van der Waals surface area contributed by atoms with Gasteiger partial charge in [-0.3, -0.25) is 4.79 Å². The first kappa shape index (κ1) is 21.9. The van der Waals surface area contributed by atoms with E-state index in [0.717, 1.165) is 25.9 Å². The molecule has 0 spiro atoms. The minimum Gasteiger partial charge on any atom is -0.334 e. The Morgan fingerprint density at radius 3 is 2.48 bits per heavy atom. The van der Waals surface area contributed by atoms with Gasteiger partial charge in [0, 0.05) is 31.2 Å². The third-order valence-electron chi connectivity index (χ3n) is 4.17. The molecule has 1 fully saturated rings. The van der Waals surface area contributed by atoms with E-state index in [2.05, 4.69) is 10.0 Å². The molecule has 0 aliphatic carbocycles. The van der Waals surface area contributed by atoms with Crippen molar-refractivity contribution in [2.75, 3.05) is 26.7 Å². The van der Waals surface area contributed by atoms with Crippen LogP contribution < -0.4 is 10.0 Å². The smallest absolute Gasteiger partial charge is 0.254 e. The predicted octanol–water partition coefficient (Wildman–Crippen LogP) is 1.87. The number of sulfonamides is 1. The van der Waals surface area contributed by atoms with Crippen molar-refractivity contribution in [2.24, 2.45) is 5.92 Å². The van der Waals surface area contributed by atoms with E-state index in [4.69, 9.17) is 0 Å². The first-order valence-corrected chi connectivity index (χ1v) is 9.88. The maximum absolute atomic E-state index is 12.6. The average Bonchev–Trinajstić information content (AvgIpc) is 3.01. The van der Waals surface area contributed by atoms with E-state index in [0.29, 0.717) is 12.1 Å². The van der Waals surface area contributed by atoms with Gasteiger partial charge in [-0.15, -0.1) is 12.4 Å². The van der Waals surface area contributed by atoms with Gasteiger partial charge in [0.1, 0.15) is 0 Å². The van der Waals surface area contributed by atoms with Crippen molar-refractivity contribution in [3.8, 4) is 0 Å². The van der Waals surface area contributed by atoms with Crippen LogP contribution in [0.4, 0.5) is 0 Å². The molecular formula is C17H28ClN3O3S. The van der Waals surface area contributed by atoms with E-state index in [1.54, 1.807) is 12.1 Å². The lowest BCUT2D eigenvalue weighted by atomic mass is 10.1. The fraction of sp³-hybridized carbons (Fsp3) is 0.588. The third kappa shape index (κ3) is 5.67. The lowest BCUT2D eigenvalue weighted by Gasteiger charge is -2.24. The number of benzene rings is 1. The maximum Gasteiger partial charge on any atom is 0.254 e. The molecule has 0 bridgehead atoms. The molecule has 2 N–H and O–H groups in total. The van der Waals surface area contributed by atoms with Gasteiger partial charge in [-0.05, 0) is 50.1 Å². The fourth-order valence-electron chi connectivity index (χ4n) is 2.85. The summed E-state index contributed by atoms with van der Waals surface area (Å²) >= 11 is 0. The molecule has 1 amide bonds. The summed E-state index contributed by atoms with van der Waals surface area (Å²) in [7, 11) is -1.64. The molecule has 0 saturated carbocycles. The van der Waals surface area contributed by atoms with Gasteiger partial charge in [0.2, 0.25) is 10.0 Å². The van der Waals surface area contributed by atoms with Crippen LogP contribution in [-0.4, -0.2) is 51.9 Å². The summed E-state index contributed by atoms with van der Waals surface area (Å²) in [6.07, 6.45) is 2.00. The number of nitrogens with zero attached hydrogens (tertiary/aromatic N) is 1. The van der Waals surface area contributed by atoms with Gasteiger partial charge in [0.15, 0.2) is 0 Å². The molecule has 1 aromatic rings. The molecule has 6 nitrogen and oxygen atoms in total. The van der Waals surface area contributed by atoms with Crippen molar-refractivity contribution in [2.45, 2.75) is 37.6 Å². The molecule has 0 aromatic heterocycles. The first-order chi connectivity index (χ1) is 11.3. The second-order valence-electron chi connectivity index (χ2n) is 6.62. The minimum atomic E-state index is -3.52. The van der Waals surface area contributed by atoms with Crippen LogP contribution in [0.15, 0.2) is 29.2 Å². The normalized spacial score (nSPS) is 17.6. The summed E-state index contributed by atoms with van der Waals surface area (Å²) in [4.78, 5) is 14.7. The van der Waals surface area contributed by atoms with Crippen molar-refractivity contribution in [1.82, 2.24) is 14.9 Å². The highest BCUT2D eigenvalue weighted by Crippen LogP contribution is 2.20. The SMILES string of the molecule is CNCC1CCCN1C(=O)c1ccc(S(=O)(=O)NCC(C)C)cc1.Cl. The Hall–Kier alpha value is -1.15. The molecule has 1 aliphatic heterocycles. The standard InChI is InChI=1S/C17H27N3O3S.ClH/c1-13(2)11-19-24(22,23)16-8-6-14(7-9-16)17(21)20-10-4-5-15(20)12-18-3;/h6-9,13,15,18-19H,4-5,10-12H2,1-3H3;1H. The molecule has 25 heavy (non-hydrogen) atoms. The zero-order valence-corrected chi connectivity index (χ0v) is 16.6. The van der Waals surface area contributed by atoms with Crippen molar-refractivity contribution in [3.05, 3.63) is 29.8 Å². The van der Waals surface area contributed by atoms with Gasteiger partial charge in [-0.25, -0.2) is 13.1 Å². The summed E-state index contributed by atoms with van der Waals surface area (Å²) in [5, 5.41) is 3.12. The lowest BCUT2D eigenvalue weighted by molar-refractivity contribution is 0.0737. The number of likely N-dealkylation sites (tertiary alicyclic amines) is 1. The first-order valence-electron chi connectivity index (χ1n) is 8.40. The van der Waals surface area contributed by atoms with E-state index in [1.165, 1.54) is 12.1 Å². The molecule has 1 aliphatic rings. The Kier molecular flexibility index (Phi) is 8.34. The second-order valence-corrected chi connectivity index (χ2v) is 8.39. The zero-order chi connectivity index (χ0) is 17.7. The lowest BCUT2D eigenvalue weighted by Crippen LogP contribution is -2.40. The van der Waals surface area contributed by atoms with Crippen molar-refractivity contribution >= 4 is 28.3 Å². The van der Waals surface area contributed by atoms with Crippen LogP contribution in [0.1, 0.15) is 37.0 Å². The van der Waals surface area contributed by atoms with Gasteiger partial charge < -0.3 is 10.2 Å². The van der Waals surface area contributed by atoms with E-state index >= 15 is 0 Å². The number of halogens is 1. The second kappa shape index (κ2) is 9.52. The Morgan fingerprint density at radius 1 is 1.28 bits per heavy atom. The molecule has 1 atom stereocenters. The molecule has 1 aromatic carbocycles. The molecule has 1 heterocycles. The highest BCUT2D eigenvalue weighted by atomic mass is 35.5. The van der Waals surface area contributed by atoms with Crippen molar-refractivity contribution in [3.63, 3.8) is 0 Å². The molecule has 8 heteroatoms. The van der Waals surface area contributed by atoms with Gasteiger partial charge >= 0.3 is 0 Å². The largest absolute Gasteiger partial charge is 0.334 e. The molecule has 0 radical (unpaired) electrons. The quantitative estimate of drug-likeness (QED) is 0.746. The van der Waals surface area contributed by atoms with Crippen LogP contribution in [0, 0.1) is 5.92 Å². The molecular weight excluding hydrogens is 362 g/mol. The van der Waals surface area contributed by atoms with Crippen LogP contribution in [-0.2, 0) is 10.0 Å². The van der Waals surface area contributed by atoms with Crippen LogP contribution in [0.5, 0.6) is 0 Å². The number of hydrogen-bond acceptors (Lipinski definition) is 4. The topological polar surface area (TPSA) is 78.5 Å². The third-order valence-corrected chi connectivity index (χ3v) is 5.61. The zero-order valence-electron chi connectivity index (χ0n) is 15.0. The summed E-state index contributed by atoms with van der Waals surface area (Å²) in [6.45, 7) is 5.81. The van der Waals surface area contributed by atoms with Crippen LogP contribution in [0.25, 0.3) is 0 Å². The maximum atomic E-state index is 12.6. The molecule has 1 saturated heterocycles. The Morgan fingerprint density at radius 2 is 1.92 bits per heavy atom. The summed E-state index contributed by atoms with van der Waals surface area (Å²) in [5.41, 5.74) is 0.529. The average molecular weight is 390 g/mol. The number of rotatable bonds is 7. The Bertz CT molecular complexity index is 662. The minimum absolute atomic E-state index is 0. The van der Waals surface area contributed by atoms with Crippen LogP contribution in [0.3, 0.4) is 0 Å². The van der Waals surface area contributed by atoms with Gasteiger partial charge in [0.25, 0.3) is 5.91 Å². The summed E-state index contributed by atoms with van der Waals surface area (Å²) in [6, 6.07) is 6.40. The van der Waals surface area contributed by atoms with E-state index < -0.39 is 10.0 Å². The van der Waals surface area contributed by atoms with Crippen molar-refractivity contribution < 1.29 is 13.2 Å². The Balaban J connectivity index is 0.00000312. The Labute approximate surface area is 156 Å². The van der Waals surface area contributed by atoms with Crippen LogP contribution in [0.2, 0.25) is 0 Å². The van der Waals surface area contributed by atoms with E-state index in [9.17, 15) is 13.2 Å². The van der Waals surface area contributed by atoms with E-state index in [1.807, 2.05) is 25.8 Å². The number of hydrogen-bond donors (Lipinski definition) is 2. The number of nitrogens with one attached hydrogen (secondary N) is 2. The summed E-state index contributed by atoms with van der Waals surface area (Å²) in [5.74, 6) is 0.201. The van der Waals surface area contributed by atoms with E-state index in [-0.39, 0.29) is 35.2 Å². The highest BCUT2D eigenvalue weighted by molar-refractivity contribution is 7.89. The van der Waals surface area contributed by atoms with Crippen molar-refractivity contribution in [1.29, 1.82) is 0 Å². The fourth-order valence-corrected chi connectivity index (χ4v) is 4.07. The van der Waals surface area contributed by atoms with Crippen LogP contribution >= 0.6 is 12.4 Å². The van der Waals surface area contributed by atoms with Gasteiger partial charge in [-0.2, -0.15) is 0 Å². The molecule has 1 unspecified atom stereocenters. The number of carbonyl (C=O) groups is 1. The highest BCUT2D eigenvalue weighted by Gasteiger charge is 2.29. The number of amides is 1. The number of likely N-dealkylation sites (N-methyl/N-ethyl adjacent to an activating group) is 1.